The highest BCUT2D eigenvalue weighted by Crippen LogP contribution is 2.33. The summed E-state index contributed by atoms with van der Waals surface area (Å²) < 4.78 is 50.9. The lowest BCUT2D eigenvalue weighted by Gasteiger charge is -2.23. The van der Waals surface area contributed by atoms with Crippen LogP contribution in [0, 0.1) is 17.1 Å². The predicted molar refractivity (Wildman–Crippen MR) is 68.7 cm³/mol. The van der Waals surface area contributed by atoms with E-state index in [1.165, 1.54) is 0 Å². The van der Waals surface area contributed by atoms with Crippen molar-refractivity contribution in [2.75, 3.05) is 18.4 Å². The number of hydrogen-bond acceptors (Lipinski definition) is 3. The summed E-state index contributed by atoms with van der Waals surface area (Å²) in [5, 5.41) is 12.9. The number of benzene rings is 1. The summed E-state index contributed by atoms with van der Waals surface area (Å²) in [7, 11) is 0. The van der Waals surface area contributed by atoms with Gasteiger partial charge in [-0.1, -0.05) is 0 Å². The number of nitrogens with one attached hydrogen (secondary N) is 3. The Morgan fingerprint density at radius 1 is 1.38 bits per heavy atom. The summed E-state index contributed by atoms with van der Waals surface area (Å²) >= 11 is 0. The molecular formula is C13H13F4N3O. The second-order valence-electron chi connectivity index (χ2n) is 4.71. The molecule has 1 heterocycles. The molecule has 114 valence electrons. The first-order valence-electron chi connectivity index (χ1n) is 6.24. The Bertz CT molecular complexity index is 571. The fourth-order valence-electron chi connectivity index (χ4n) is 2.07. The van der Waals surface area contributed by atoms with E-state index in [9.17, 15) is 22.4 Å². The van der Waals surface area contributed by atoms with Gasteiger partial charge >= 0.3 is 6.18 Å². The normalized spacial score (nSPS) is 19.4. The van der Waals surface area contributed by atoms with E-state index >= 15 is 0 Å². The van der Waals surface area contributed by atoms with Gasteiger partial charge in [-0.05, 0) is 24.6 Å². The maximum atomic E-state index is 13.1. The van der Waals surface area contributed by atoms with Crippen LogP contribution in [-0.4, -0.2) is 24.7 Å². The van der Waals surface area contributed by atoms with Crippen molar-refractivity contribution in [2.45, 2.75) is 12.6 Å². The fraction of sp³-hybridized carbons (Fsp3) is 0.385. The maximum Gasteiger partial charge on any atom is 0.419 e. The molecule has 1 saturated heterocycles. The average Bonchev–Trinajstić information content (AvgIpc) is 2.40. The molecule has 1 aromatic carbocycles. The SMILES string of the molecule is N=C1CCNCC1C(=O)Nc1ccc(F)c(C(F)(F)F)c1. The van der Waals surface area contributed by atoms with Gasteiger partial charge in [-0.25, -0.2) is 4.39 Å². The van der Waals surface area contributed by atoms with Gasteiger partial charge < -0.3 is 16.0 Å². The van der Waals surface area contributed by atoms with E-state index in [4.69, 9.17) is 5.41 Å². The van der Waals surface area contributed by atoms with Crippen LogP contribution in [0.25, 0.3) is 0 Å². The van der Waals surface area contributed by atoms with Crippen LogP contribution >= 0.6 is 0 Å². The first kappa shape index (κ1) is 15.4. The summed E-state index contributed by atoms with van der Waals surface area (Å²) in [5.41, 5.74) is -1.35. The van der Waals surface area contributed by atoms with E-state index < -0.39 is 29.4 Å². The van der Waals surface area contributed by atoms with Crippen LogP contribution in [0.15, 0.2) is 18.2 Å². The molecule has 1 amide bonds. The number of carbonyl (C=O) groups is 1. The minimum atomic E-state index is -4.83. The van der Waals surface area contributed by atoms with Crippen LogP contribution in [0.3, 0.4) is 0 Å². The standard InChI is InChI=1S/C13H13F4N3O/c14-10-2-1-7(5-9(10)13(15,16)17)20-12(21)8-6-19-4-3-11(8)18/h1-2,5,8,18-19H,3-4,6H2,(H,20,21). The Labute approximate surface area is 118 Å². The van der Waals surface area contributed by atoms with Crippen LogP contribution in [0.5, 0.6) is 0 Å². The Kier molecular flexibility index (Phi) is 4.26. The number of carbonyl (C=O) groups excluding carboxylic acids is 1. The van der Waals surface area contributed by atoms with Gasteiger partial charge in [0.15, 0.2) is 0 Å². The van der Waals surface area contributed by atoms with E-state index in [1.807, 2.05) is 0 Å². The third-order valence-electron chi connectivity index (χ3n) is 3.20. The quantitative estimate of drug-likeness (QED) is 0.735. The van der Waals surface area contributed by atoms with Gasteiger partial charge in [0.1, 0.15) is 5.82 Å². The van der Waals surface area contributed by atoms with Gasteiger partial charge in [0.25, 0.3) is 0 Å². The monoisotopic (exact) mass is 303 g/mol. The van der Waals surface area contributed by atoms with Crippen LogP contribution in [0.2, 0.25) is 0 Å². The van der Waals surface area contributed by atoms with Gasteiger partial charge in [0, 0.05) is 24.5 Å². The third-order valence-corrected chi connectivity index (χ3v) is 3.20. The average molecular weight is 303 g/mol. The highest BCUT2D eigenvalue weighted by atomic mass is 19.4. The van der Waals surface area contributed by atoms with Crippen molar-refractivity contribution >= 4 is 17.3 Å². The molecule has 0 saturated carbocycles. The van der Waals surface area contributed by atoms with Crippen LogP contribution in [-0.2, 0) is 11.0 Å². The zero-order valence-electron chi connectivity index (χ0n) is 10.9. The van der Waals surface area contributed by atoms with E-state index in [1.54, 1.807) is 0 Å². The lowest BCUT2D eigenvalue weighted by atomic mass is 9.96. The van der Waals surface area contributed by atoms with Crippen molar-refractivity contribution in [1.82, 2.24) is 5.32 Å². The summed E-state index contributed by atoms with van der Waals surface area (Å²) in [6.45, 7) is 0.857. The van der Waals surface area contributed by atoms with Gasteiger partial charge in [-0.2, -0.15) is 13.2 Å². The molecule has 0 aliphatic carbocycles. The highest BCUT2D eigenvalue weighted by molar-refractivity contribution is 6.08. The molecule has 0 spiro atoms. The Morgan fingerprint density at radius 3 is 2.71 bits per heavy atom. The maximum absolute atomic E-state index is 13.1. The second-order valence-corrected chi connectivity index (χ2v) is 4.71. The Hall–Kier alpha value is -1.96. The van der Waals surface area contributed by atoms with Crippen LogP contribution in [0.1, 0.15) is 12.0 Å². The predicted octanol–water partition coefficient (Wildman–Crippen LogP) is 2.41. The molecule has 0 radical (unpaired) electrons. The lowest BCUT2D eigenvalue weighted by Crippen LogP contribution is -2.43. The molecule has 0 bridgehead atoms. The summed E-state index contributed by atoms with van der Waals surface area (Å²) in [6.07, 6.45) is -4.42. The molecule has 0 aromatic heterocycles. The number of anilines is 1. The first-order valence-corrected chi connectivity index (χ1v) is 6.24. The molecule has 1 aliphatic heterocycles. The molecule has 2 rings (SSSR count). The molecule has 1 atom stereocenters. The van der Waals surface area contributed by atoms with Gasteiger partial charge in [-0.3, -0.25) is 4.79 Å². The number of piperidine rings is 1. The van der Waals surface area contributed by atoms with E-state index in [-0.39, 0.29) is 17.9 Å². The molecule has 21 heavy (non-hydrogen) atoms. The van der Waals surface area contributed by atoms with E-state index in [0.29, 0.717) is 25.1 Å². The van der Waals surface area contributed by atoms with Crippen LogP contribution in [0.4, 0.5) is 23.2 Å². The Morgan fingerprint density at radius 2 is 2.10 bits per heavy atom. The number of hydrogen-bond donors (Lipinski definition) is 3. The van der Waals surface area contributed by atoms with Crippen molar-refractivity contribution in [3.63, 3.8) is 0 Å². The van der Waals surface area contributed by atoms with Crippen molar-refractivity contribution in [3.8, 4) is 0 Å². The van der Waals surface area contributed by atoms with Crippen molar-refractivity contribution < 1.29 is 22.4 Å². The van der Waals surface area contributed by atoms with Gasteiger partial charge in [0.05, 0.1) is 11.5 Å². The number of alkyl halides is 3. The van der Waals surface area contributed by atoms with E-state index in [0.717, 1.165) is 6.07 Å². The number of halogens is 4. The molecule has 1 aromatic rings. The topological polar surface area (TPSA) is 65.0 Å². The van der Waals surface area contributed by atoms with Gasteiger partial charge in [0.2, 0.25) is 5.91 Å². The lowest BCUT2D eigenvalue weighted by molar-refractivity contribution is -0.140. The molecule has 1 unspecified atom stereocenters. The zero-order valence-corrected chi connectivity index (χ0v) is 10.9. The third kappa shape index (κ3) is 3.57. The minimum absolute atomic E-state index is 0.146. The fourth-order valence-corrected chi connectivity index (χ4v) is 2.07. The molecule has 1 fully saturated rings. The highest BCUT2D eigenvalue weighted by Gasteiger charge is 2.34. The Balaban J connectivity index is 2.16. The van der Waals surface area contributed by atoms with Crippen molar-refractivity contribution in [2.24, 2.45) is 5.92 Å². The molecule has 8 heteroatoms. The van der Waals surface area contributed by atoms with Crippen molar-refractivity contribution in [3.05, 3.63) is 29.6 Å². The van der Waals surface area contributed by atoms with Gasteiger partial charge in [-0.15, -0.1) is 0 Å². The largest absolute Gasteiger partial charge is 0.419 e. The molecule has 1 aliphatic rings. The molecule has 3 N–H and O–H groups in total. The zero-order chi connectivity index (χ0) is 15.6. The smallest absolute Gasteiger partial charge is 0.325 e. The van der Waals surface area contributed by atoms with Crippen molar-refractivity contribution in [1.29, 1.82) is 5.41 Å². The summed E-state index contributed by atoms with van der Waals surface area (Å²) in [4.78, 5) is 12.0. The summed E-state index contributed by atoms with van der Waals surface area (Å²) in [5.74, 6) is -2.70. The molecule has 4 nitrogen and oxygen atoms in total. The number of amides is 1. The van der Waals surface area contributed by atoms with E-state index in [2.05, 4.69) is 10.6 Å². The molecular weight excluding hydrogens is 290 g/mol. The second kappa shape index (κ2) is 5.80. The van der Waals surface area contributed by atoms with Crippen LogP contribution < -0.4 is 10.6 Å². The minimum Gasteiger partial charge on any atom is -0.325 e. The first-order chi connectivity index (χ1) is 9.79. The number of rotatable bonds is 2. The summed E-state index contributed by atoms with van der Waals surface area (Å²) in [6, 6.07) is 2.26.